The summed E-state index contributed by atoms with van der Waals surface area (Å²) in [5, 5.41) is 6.21. The second kappa shape index (κ2) is 8.70. The maximum absolute atomic E-state index is 13.3. The molecule has 2 saturated heterocycles. The quantitative estimate of drug-likeness (QED) is 0.609. The monoisotopic (exact) mass is 460 g/mol. The van der Waals surface area contributed by atoms with Gasteiger partial charge in [0, 0.05) is 43.5 Å². The molecule has 33 heavy (non-hydrogen) atoms. The summed E-state index contributed by atoms with van der Waals surface area (Å²) < 4.78 is 40.0. The lowest BCUT2D eigenvalue weighted by atomic mass is 9.78. The second-order valence-corrected chi connectivity index (χ2v) is 8.96. The first-order chi connectivity index (χ1) is 15.5. The van der Waals surface area contributed by atoms with Crippen molar-refractivity contribution < 1.29 is 22.8 Å². The van der Waals surface area contributed by atoms with Gasteiger partial charge in [-0.15, -0.1) is 0 Å². The van der Waals surface area contributed by atoms with Crippen molar-refractivity contribution in [2.45, 2.75) is 38.5 Å². The highest BCUT2D eigenvalue weighted by Crippen LogP contribution is 2.39. The largest absolute Gasteiger partial charge is 0.416 e. The van der Waals surface area contributed by atoms with Crippen molar-refractivity contribution in [1.29, 1.82) is 0 Å². The average Bonchev–Trinajstić information content (AvgIpc) is 3.17. The number of carbonyl (C=O) groups is 2. The van der Waals surface area contributed by atoms with Crippen LogP contribution in [0.5, 0.6) is 0 Å². The van der Waals surface area contributed by atoms with Crippen LogP contribution in [0, 0.1) is 18.8 Å². The lowest BCUT2D eigenvalue weighted by Crippen LogP contribution is -2.50. The van der Waals surface area contributed by atoms with E-state index in [2.05, 4.69) is 10.6 Å². The van der Waals surface area contributed by atoms with Crippen molar-refractivity contribution in [1.82, 2.24) is 10.2 Å². The Kier molecular flexibility index (Phi) is 6.09. The smallest absolute Gasteiger partial charge is 0.399 e. The van der Waals surface area contributed by atoms with Gasteiger partial charge in [-0.3, -0.25) is 9.59 Å². The third kappa shape index (κ3) is 4.83. The molecule has 2 aliphatic heterocycles. The van der Waals surface area contributed by atoms with Gasteiger partial charge in [0.05, 0.1) is 11.5 Å². The number of amides is 2. The molecular weight excluding hydrogens is 433 g/mol. The van der Waals surface area contributed by atoms with Crippen LogP contribution in [0.1, 0.15) is 36.1 Å². The molecule has 2 aromatic carbocycles. The average molecular weight is 461 g/mol. The molecule has 0 spiro atoms. The van der Waals surface area contributed by atoms with E-state index in [0.29, 0.717) is 25.2 Å². The van der Waals surface area contributed by atoms with Crippen LogP contribution in [0.4, 0.5) is 24.5 Å². The van der Waals surface area contributed by atoms with E-state index < -0.39 is 17.7 Å². The number of nitrogens with zero attached hydrogens (tertiary/aromatic N) is 1. The van der Waals surface area contributed by atoms with Crippen LogP contribution >= 0.6 is 0 Å². The lowest BCUT2D eigenvalue weighted by Gasteiger charge is -2.38. The fourth-order valence-corrected chi connectivity index (χ4v) is 4.90. The topological polar surface area (TPSA) is 87.5 Å². The predicted octanol–water partition coefficient (Wildman–Crippen LogP) is 3.73. The number of hydrogen-bond acceptors (Lipinski definition) is 4. The van der Waals surface area contributed by atoms with E-state index in [1.807, 2.05) is 12.1 Å². The van der Waals surface area contributed by atoms with E-state index in [0.717, 1.165) is 11.6 Å². The number of nitrogens with two attached hydrogens (primary N) is 1. The van der Waals surface area contributed by atoms with Crippen LogP contribution < -0.4 is 16.4 Å². The summed E-state index contributed by atoms with van der Waals surface area (Å²) in [7, 11) is 0. The molecule has 0 bridgehead atoms. The highest BCUT2D eigenvalue weighted by molar-refractivity contribution is 5.93. The third-order valence-corrected chi connectivity index (χ3v) is 6.68. The number of nitrogens with one attached hydrogen (secondary N) is 2. The van der Waals surface area contributed by atoms with Crippen LogP contribution in [0.15, 0.2) is 42.5 Å². The van der Waals surface area contributed by atoms with Gasteiger partial charge in [0.1, 0.15) is 0 Å². The van der Waals surface area contributed by atoms with Crippen LogP contribution in [-0.4, -0.2) is 35.8 Å². The Balaban J connectivity index is 1.61. The van der Waals surface area contributed by atoms with Gasteiger partial charge in [0.15, 0.2) is 0 Å². The molecule has 0 radical (unpaired) electrons. The van der Waals surface area contributed by atoms with Gasteiger partial charge in [-0.05, 0) is 54.7 Å². The number of aryl methyl sites for hydroxylation is 1. The summed E-state index contributed by atoms with van der Waals surface area (Å²) in [4.78, 5) is 27.0. The molecular formula is C24H27F3N4O2. The molecule has 2 amide bonds. The van der Waals surface area contributed by atoms with Crippen molar-refractivity contribution >= 4 is 23.2 Å². The molecule has 2 heterocycles. The van der Waals surface area contributed by atoms with Gasteiger partial charge in [-0.2, -0.15) is 13.2 Å². The highest BCUT2D eigenvalue weighted by atomic mass is 19.4. The minimum atomic E-state index is -4.50. The molecule has 2 aliphatic rings. The fraction of sp³-hybridized carbons (Fsp3) is 0.417. The number of carbonyl (C=O) groups excluding carboxylic acids is 2. The van der Waals surface area contributed by atoms with E-state index in [-0.39, 0.29) is 41.1 Å². The molecule has 0 aliphatic carbocycles. The Morgan fingerprint density at radius 1 is 1.12 bits per heavy atom. The van der Waals surface area contributed by atoms with Gasteiger partial charge in [-0.1, -0.05) is 18.2 Å². The highest BCUT2D eigenvalue weighted by Gasteiger charge is 2.45. The Morgan fingerprint density at radius 2 is 1.82 bits per heavy atom. The number of benzene rings is 2. The normalized spacial score (nSPS) is 24.9. The first kappa shape index (κ1) is 23.1. The maximum atomic E-state index is 13.3. The van der Waals surface area contributed by atoms with Crippen LogP contribution in [0.3, 0.4) is 0 Å². The summed E-state index contributed by atoms with van der Waals surface area (Å²) in [6, 6.07) is 10.7. The molecule has 0 saturated carbocycles. The van der Waals surface area contributed by atoms with Gasteiger partial charge in [0.2, 0.25) is 11.8 Å². The molecule has 0 aromatic heterocycles. The maximum Gasteiger partial charge on any atom is 0.416 e. The van der Waals surface area contributed by atoms with E-state index >= 15 is 0 Å². The first-order valence-corrected chi connectivity index (χ1v) is 10.9. The standard InChI is InChI=1S/C24H27F3N4O2/c1-13-3-8-18(10-20(13)24(25,26)27)29-23(33)19-9-16-11-31(14(2)32)12-21(16)30-22(19)15-4-6-17(28)7-5-15/h3-8,10,16,19,21-22,30H,9,11-12,28H2,1-2H3,(H,29,33). The zero-order valence-corrected chi connectivity index (χ0v) is 18.4. The molecule has 2 fully saturated rings. The van der Waals surface area contributed by atoms with Crippen LogP contribution in [0.25, 0.3) is 0 Å². The Bertz CT molecular complexity index is 1050. The minimum Gasteiger partial charge on any atom is -0.399 e. The SMILES string of the molecule is CC(=O)N1CC2CC(C(=O)Nc3ccc(C)c(C(F)(F)F)c3)C(c3ccc(N)cc3)NC2C1. The van der Waals surface area contributed by atoms with Gasteiger partial charge in [-0.25, -0.2) is 0 Å². The number of nitrogen functional groups attached to an aromatic ring is 1. The summed E-state index contributed by atoms with van der Waals surface area (Å²) in [6.07, 6.45) is -3.99. The summed E-state index contributed by atoms with van der Waals surface area (Å²) >= 11 is 0. The summed E-state index contributed by atoms with van der Waals surface area (Å²) in [6.45, 7) is 4.02. The van der Waals surface area contributed by atoms with E-state index in [1.165, 1.54) is 26.0 Å². The van der Waals surface area contributed by atoms with Gasteiger partial charge < -0.3 is 21.3 Å². The molecule has 176 valence electrons. The molecule has 6 nitrogen and oxygen atoms in total. The van der Waals surface area contributed by atoms with E-state index in [1.54, 1.807) is 17.0 Å². The Hall–Kier alpha value is -3.07. The molecule has 9 heteroatoms. The Labute approximate surface area is 190 Å². The fourth-order valence-electron chi connectivity index (χ4n) is 4.90. The summed E-state index contributed by atoms with van der Waals surface area (Å²) in [5.74, 6) is -0.826. The molecule has 4 rings (SSSR count). The molecule has 4 atom stereocenters. The van der Waals surface area contributed by atoms with Crippen molar-refractivity contribution in [3.8, 4) is 0 Å². The lowest BCUT2D eigenvalue weighted by molar-refractivity contribution is -0.138. The van der Waals surface area contributed by atoms with E-state index in [9.17, 15) is 22.8 Å². The number of anilines is 2. The van der Waals surface area contributed by atoms with Crippen molar-refractivity contribution in [3.05, 3.63) is 59.2 Å². The molecule has 2 aromatic rings. The molecule has 4 N–H and O–H groups in total. The third-order valence-electron chi connectivity index (χ3n) is 6.68. The number of alkyl halides is 3. The van der Waals surface area contributed by atoms with E-state index in [4.69, 9.17) is 5.73 Å². The number of fused-ring (bicyclic) bond motifs is 1. The number of piperidine rings is 1. The number of likely N-dealkylation sites (tertiary alicyclic amines) is 1. The predicted molar refractivity (Wildman–Crippen MR) is 119 cm³/mol. The van der Waals surface area contributed by atoms with Crippen LogP contribution in [-0.2, 0) is 15.8 Å². The van der Waals surface area contributed by atoms with Crippen molar-refractivity contribution in [2.75, 3.05) is 24.1 Å². The van der Waals surface area contributed by atoms with Gasteiger partial charge in [0.25, 0.3) is 0 Å². The van der Waals surface area contributed by atoms with Crippen molar-refractivity contribution in [3.63, 3.8) is 0 Å². The molecule has 4 unspecified atom stereocenters. The summed E-state index contributed by atoms with van der Waals surface area (Å²) in [5.41, 5.74) is 6.70. The van der Waals surface area contributed by atoms with Crippen molar-refractivity contribution in [2.24, 2.45) is 11.8 Å². The Morgan fingerprint density at radius 3 is 2.45 bits per heavy atom. The number of rotatable bonds is 3. The zero-order valence-electron chi connectivity index (χ0n) is 18.4. The van der Waals surface area contributed by atoms with Crippen LogP contribution in [0.2, 0.25) is 0 Å². The second-order valence-electron chi connectivity index (χ2n) is 8.96. The minimum absolute atomic E-state index is 0.0180. The first-order valence-electron chi connectivity index (χ1n) is 10.9. The number of halogens is 3. The zero-order chi connectivity index (χ0) is 23.9. The van der Waals surface area contributed by atoms with Gasteiger partial charge >= 0.3 is 6.18 Å². The number of hydrogen-bond donors (Lipinski definition) is 3.